The summed E-state index contributed by atoms with van der Waals surface area (Å²) in [6, 6.07) is 7.94. The number of anilines is 1. The fourth-order valence-electron chi connectivity index (χ4n) is 8.07. The molecule has 2 heterocycles. The first kappa shape index (κ1) is 27.5. The minimum Gasteiger partial charge on any atom is -0.494 e. The van der Waals surface area contributed by atoms with Gasteiger partial charge in [0.2, 0.25) is 11.8 Å². The highest BCUT2D eigenvalue weighted by atomic mass is 19.1. The Morgan fingerprint density at radius 3 is 2.26 bits per heavy atom. The van der Waals surface area contributed by atoms with Crippen LogP contribution in [0.15, 0.2) is 41.2 Å². The van der Waals surface area contributed by atoms with Crippen LogP contribution in [-0.2, 0) is 15.6 Å². The maximum atomic E-state index is 14.4. The van der Waals surface area contributed by atoms with E-state index in [1.807, 2.05) is 29.2 Å². The maximum Gasteiger partial charge on any atom is 0.232 e. The first-order valence-corrected chi connectivity index (χ1v) is 15.2. The monoisotopic (exact) mass is 573 g/mol. The van der Waals surface area contributed by atoms with Gasteiger partial charge < -0.3 is 14.2 Å². The van der Waals surface area contributed by atoms with Gasteiger partial charge >= 0.3 is 0 Å². The second-order valence-electron chi connectivity index (χ2n) is 14.8. The Balaban J connectivity index is 1.14. The van der Waals surface area contributed by atoms with Gasteiger partial charge in [-0.1, -0.05) is 38.1 Å². The molecule has 8 nitrogen and oxygen atoms in total. The molecule has 3 aromatic rings. The van der Waals surface area contributed by atoms with E-state index in [4.69, 9.17) is 14.2 Å². The van der Waals surface area contributed by atoms with E-state index in [-0.39, 0.29) is 27.6 Å². The van der Waals surface area contributed by atoms with Crippen molar-refractivity contribution >= 4 is 11.6 Å². The Morgan fingerprint density at radius 2 is 1.69 bits per heavy atom. The van der Waals surface area contributed by atoms with Crippen molar-refractivity contribution in [3.8, 4) is 17.1 Å². The molecule has 6 saturated carbocycles. The third-order valence-corrected chi connectivity index (χ3v) is 10.6. The quantitative estimate of drug-likeness (QED) is 0.295. The van der Waals surface area contributed by atoms with Gasteiger partial charge in [0, 0.05) is 35.0 Å². The predicted octanol–water partition coefficient (Wildman–Crippen LogP) is 6.74. The number of halogens is 1. The van der Waals surface area contributed by atoms with Crippen molar-refractivity contribution in [2.75, 3.05) is 18.6 Å². The Kier molecular flexibility index (Phi) is 6.09. The molecule has 6 aliphatic rings. The van der Waals surface area contributed by atoms with Crippen molar-refractivity contribution < 1.29 is 18.4 Å². The van der Waals surface area contributed by atoms with Crippen molar-refractivity contribution in [2.45, 2.75) is 101 Å². The number of hydrogen-bond donors (Lipinski definition) is 0. The van der Waals surface area contributed by atoms with Crippen LogP contribution >= 0.6 is 0 Å². The predicted molar refractivity (Wildman–Crippen MR) is 156 cm³/mol. The molecule has 0 unspecified atom stereocenters. The molecule has 0 radical (unpaired) electrons. The Morgan fingerprint density at radius 1 is 1.02 bits per heavy atom. The molecule has 222 valence electrons. The molecule has 0 saturated heterocycles. The molecular weight excluding hydrogens is 533 g/mol. The smallest absolute Gasteiger partial charge is 0.232 e. The molecule has 9 rings (SSSR count). The van der Waals surface area contributed by atoms with Gasteiger partial charge in [-0.3, -0.25) is 4.79 Å². The van der Waals surface area contributed by atoms with Crippen LogP contribution in [0.25, 0.3) is 11.4 Å². The summed E-state index contributed by atoms with van der Waals surface area (Å²) in [6.45, 7) is 6.97. The van der Waals surface area contributed by atoms with Crippen LogP contribution in [0.2, 0.25) is 0 Å². The van der Waals surface area contributed by atoms with E-state index in [0.717, 1.165) is 61.5 Å². The SMILES string of the molecule is COc1cnc(-c2cccc(N(CC34CCC(c5nc(C(C)(C)C)no5)(CC3)CC4)C(=O)CC34CC(F)(C3)C4)c2)nc1. The summed E-state index contributed by atoms with van der Waals surface area (Å²) < 4.78 is 25.4. The Bertz CT molecular complexity index is 1470. The standard InChI is InChI=1S/C33H40FN5O3/c1-29(2,3)27-37-28(42-38-27)32-11-8-30(9-12-32,10-13-32)21-39(25(40)15-31-18-33(34,19-31)20-31)23-7-5-6-22(14-23)26-35-16-24(41-4)17-36-26/h5-7,14,16-17H,8-13,15,18-21H2,1-4H3. The van der Waals surface area contributed by atoms with Gasteiger partial charge in [-0.25, -0.2) is 14.4 Å². The maximum absolute atomic E-state index is 14.4. The molecule has 1 aromatic carbocycles. The summed E-state index contributed by atoms with van der Waals surface area (Å²) in [5.41, 5.74) is 0.318. The van der Waals surface area contributed by atoms with E-state index < -0.39 is 5.67 Å². The summed E-state index contributed by atoms with van der Waals surface area (Å²) >= 11 is 0. The molecule has 0 atom stereocenters. The van der Waals surface area contributed by atoms with E-state index in [2.05, 4.69) is 35.9 Å². The zero-order valence-electron chi connectivity index (χ0n) is 25.1. The fourth-order valence-corrected chi connectivity index (χ4v) is 8.07. The van der Waals surface area contributed by atoms with Gasteiger partial charge in [0.05, 0.1) is 19.5 Å². The van der Waals surface area contributed by atoms with Gasteiger partial charge in [-0.2, -0.15) is 4.98 Å². The van der Waals surface area contributed by atoms with Crippen LogP contribution in [0.1, 0.15) is 96.7 Å². The van der Waals surface area contributed by atoms with E-state index in [1.54, 1.807) is 19.5 Å². The molecule has 9 heteroatoms. The summed E-state index contributed by atoms with van der Waals surface area (Å²) in [6.07, 6.45) is 11.2. The molecule has 42 heavy (non-hydrogen) atoms. The van der Waals surface area contributed by atoms with E-state index in [0.29, 0.717) is 43.8 Å². The number of nitrogens with zero attached hydrogens (tertiary/aromatic N) is 5. The third-order valence-electron chi connectivity index (χ3n) is 10.6. The van der Waals surface area contributed by atoms with Crippen LogP contribution in [0, 0.1) is 10.8 Å². The number of amides is 1. The number of alkyl halides is 1. The molecule has 4 bridgehead atoms. The Hall–Kier alpha value is -3.36. The largest absolute Gasteiger partial charge is 0.494 e. The van der Waals surface area contributed by atoms with E-state index >= 15 is 0 Å². The normalized spacial score (nSPS) is 31.3. The lowest BCUT2D eigenvalue weighted by Crippen LogP contribution is -2.65. The minimum absolute atomic E-state index is 0.0254. The zero-order chi connectivity index (χ0) is 29.4. The summed E-state index contributed by atoms with van der Waals surface area (Å²) in [4.78, 5) is 29.8. The highest BCUT2D eigenvalue weighted by Gasteiger charge is 2.69. The molecule has 2 aromatic heterocycles. The minimum atomic E-state index is -1.02. The van der Waals surface area contributed by atoms with Crippen LogP contribution in [0.5, 0.6) is 5.75 Å². The first-order valence-electron chi connectivity index (χ1n) is 15.2. The zero-order valence-corrected chi connectivity index (χ0v) is 25.1. The van der Waals surface area contributed by atoms with Gasteiger partial charge in [0.25, 0.3) is 0 Å². The number of hydrogen-bond acceptors (Lipinski definition) is 7. The van der Waals surface area contributed by atoms with E-state index in [1.165, 1.54) is 0 Å². The summed E-state index contributed by atoms with van der Waals surface area (Å²) in [7, 11) is 1.59. The lowest BCUT2D eigenvalue weighted by atomic mass is 9.41. The number of carbonyl (C=O) groups is 1. The molecule has 0 N–H and O–H groups in total. The first-order chi connectivity index (χ1) is 19.9. The highest BCUT2D eigenvalue weighted by molar-refractivity contribution is 5.94. The van der Waals surface area contributed by atoms with Crippen molar-refractivity contribution in [2.24, 2.45) is 10.8 Å². The number of rotatable bonds is 8. The number of carbonyl (C=O) groups excluding carboxylic acids is 1. The van der Waals surface area contributed by atoms with Gasteiger partial charge in [0.15, 0.2) is 17.4 Å². The van der Waals surface area contributed by atoms with Crippen LogP contribution < -0.4 is 9.64 Å². The summed E-state index contributed by atoms with van der Waals surface area (Å²) in [5, 5.41) is 4.32. The van der Waals surface area contributed by atoms with Crippen LogP contribution in [0.3, 0.4) is 0 Å². The lowest BCUT2D eigenvalue weighted by Gasteiger charge is -2.66. The lowest BCUT2D eigenvalue weighted by molar-refractivity contribution is -0.215. The van der Waals surface area contributed by atoms with Crippen LogP contribution in [-0.4, -0.2) is 45.3 Å². The van der Waals surface area contributed by atoms with E-state index in [9.17, 15) is 9.18 Å². The van der Waals surface area contributed by atoms with Crippen molar-refractivity contribution in [3.05, 3.63) is 48.4 Å². The molecular formula is C33H40FN5O3. The average Bonchev–Trinajstić information content (AvgIpc) is 3.48. The van der Waals surface area contributed by atoms with Crippen molar-refractivity contribution in [3.63, 3.8) is 0 Å². The highest BCUT2D eigenvalue weighted by Crippen LogP contribution is 2.71. The van der Waals surface area contributed by atoms with Crippen molar-refractivity contribution in [1.29, 1.82) is 0 Å². The second-order valence-corrected chi connectivity index (χ2v) is 14.8. The summed E-state index contributed by atoms with van der Waals surface area (Å²) in [5.74, 6) is 2.81. The molecule has 0 aliphatic heterocycles. The second kappa shape index (κ2) is 9.32. The molecule has 1 amide bonds. The molecule has 0 spiro atoms. The fraction of sp³-hybridized carbons (Fsp3) is 0.606. The van der Waals surface area contributed by atoms with Crippen LogP contribution in [0.4, 0.5) is 10.1 Å². The Labute approximate surface area is 246 Å². The van der Waals surface area contributed by atoms with Crippen molar-refractivity contribution in [1.82, 2.24) is 20.1 Å². The third kappa shape index (κ3) is 4.60. The number of fused-ring (bicyclic) bond motifs is 3. The topological polar surface area (TPSA) is 94.2 Å². The van der Waals surface area contributed by atoms with Gasteiger partial charge in [0.1, 0.15) is 5.67 Å². The number of benzene rings is 1. The number of methoxy groups -OCH3 is 1. The molecule has 6 aliphatic carbocycles. The van der Waals surface area contributed by atoms with Gasteiger partial charge in [-0.05, 0) is 80.8 Å². The number of ether oxygens (including phenoxy) is 1. The number of aromatic nitrogens is 4. The van der Waals surface area contributed by atoms with Gasteiger partial charge in [-0.15, -0.1) is 0 Å². The average molecular weight is 574 g/mol. The molecule has 6 fully saturated rings.